The highest BCUT2D eigenvalue weighted by Gasteiger charge is 2.20. The van der Waals surface area contributed by atoms with Crippen LogP contribution in [0.4, 0.5) is 10.8 Å². The van der Waals surface area contributed by atoms with Gasteiger partial charge in [-0.25, -0.2) is 4.98 Å². The van der Waals surface area contributed by atoms with Gasteiger partial charge >= 0.3 is 0 Å². The summed E-state index contributed by atoms with van der Waals surface area (Å²) in [6.07, 6.45) is 0. The Labute approximate surface area is 196 Å². The van der Waals surface area contributed by atoms with Crippen molar-refractivity contribution in [2.24, 2.45) is 0 Å². The van der Waals surface area contributed by atoms with Gasteiger partial charge in [-0.2, -0.15) is 0 Å². The molecular weight excluding hydrogens is 506 g/mol. The highest BCUT2D eigenvalue weighted by atomic mass is 79.9. The zero-order valence-corrected chi connectivity index (χ0v) is 19.5. The predicted octanol–water partition coefficient (Wildman–Crippen LogP) is 4.17. The molecule has 8 nitrogen and oxygen atoms in total. The number of anilines is 1. The standard InChI is InChI=1S/C20H19BrClN5O3S/c21-13-1-4-17-18(11-13)31-20(24-17)26-9-7-25(8-10-26)6-5-23-19(28)15-12-14(27(29)30)2-3-16(15)22/h1-4,11-12H,5-10H2,(H,23,28). The lowest BCUT2D eigenvalue weighted by Gasteiger charge is -2.34. The Hall–Kier alpha value is -2.27. The number of rotatable bonds is 6. The van der Waals surface area contributed by atoms with Gasteiger partial charge < -0.3 is 10.2 Å². The second-order valence-electron chi connectivity index (χ2n) is 7.11. The van der Waals surface area contributed by atoms with E-state index in [0.29, 0.717) is 13.1 Å². The largest absolute Gasteiger partial charge is 0.351 e. The zero-order valence-electron chi connectivity index (χ0n) is 16.4. The zero-order chi connectivity index (χ0) is 22.0. The third-order valence-corrected chi connectivity index (χ3v) is 7.00. The Morgan fingerprint density at radius 2 is 2.00 bits per heavy atom. The topological polar surface area (TPSA) is 91.6 Å². The molecule has 0 aliphatic carbocycles. The molecule has 162 valence electrons. The van der Waals surface area contributed by atoms with Crippen molar-refractivity contribution < 1.29 is 9.72 Å². The summed E-state index contributed by atoms with van der Waals surface area (Å²) in [4.78, 5) is 32.0. The van der Waals surface area contributed by atoms with Crippen LogP contribution in [0.2, 0.25) is 5.02 Å². The highest BCUT2D eigenvalue weighted by Crippen LogP contribution is 2.31. The molecule has 0 bridgehead atoms. The number of halogens is 2. The van der Waals surface area contributed by atoms with Crippen LogP contribution in [0.1, 0.15) is 10.4 Å². The fraction of sp³-hybridized carbons (Fsp3) is 0.300. The molecule has 3 aromatic rings. The van der Waals surface area contributed by atoms with E-state index >= 15 is 0 Å². The predicted molar refractivity (Wildman–Crippen MR) is 126 cm³/mol. The summed E-state index contributed by atoms with van der Waals surface area (Å²) < 4.78 is 2.21. The first-order valence-corrected chi connectivity index (χ1v) is 11.6. The number of piperazine rings is 1. The normalized spacial score (nSPS) is 14.7. The number of nitro groups is 1. The van der Waals surface area contributed by atoms with E-state index in [2.05, 4.69) is 37.1 Å². The summed E-state index contributed by atoms with van der Waals surface area (Å²) in [7, 11) is 0. The average Bonchev–Trinajstić information content (AvgIpc) is 3.17. The Kier molecular flexibility index (Phi) is 6.71. The van der Waals surface area contributed by atoms with Crippen molar-refractivity contribution in [3.63, 3.8) is 0 Å². The van der Waals surface area contributed by atoms with E-state index in [9.17, 15) is 14.9 Å². The highest BCUT2D eigenvalue weighted by molar-refractivity contribution is 9.10. The van der Waals surface area contributed by atoms with Gasteiger partial charge in [0.15, 0.2) is 5.13 Å². The SMILES string of the molecule is O=C(NCCN1CCN(c2nc3ccc(Br)cc3s2)CC1)c1cc([N+](=O)[O-])ccc1Cl. The monoisotopic (exact) mass is 523 g/mol. The van der Waals surface area contributed by atoms with Gasteiger partial charge in [-0.05, 0) is 24.3 Å². The van der Waals surface area contributed by atoms with Crippen molar-refractivity contribution in [2.75, 3.05) is 44.2 Å². The van der Waals surface area contributed by atoms with E-state index in [1.807, 2.05) is 12.1 Å². The molecule has 1 amide bonds. The average molecular weight is 525 g/mol. The quantitative estimate of drug-likeness (QED) is 0.384. The van der Waals surface area contributed by atoms with Gasteiger partial charge in [0.1, 0.15) is 0 Å². The molecule has 4 rings (SSSR count). The lowest BCUT2D eigenvalue weighted by molar-refractivity contribution is -0.384. The Morgan fingerprint density at radius 1 is 1.23 bits per heavy atom. The molecule has 2 heterocycles. The van der Waals surface area contributed by atoms with Crippen LogP contribution in [-0.2, 0) is 0 Å². The fourth-order valence-electron chi connectivity index (χ4n) is 3.41. The van der Waals surface area contributed by atoms with Gasteiger partial charge in [-0.3, -0.25) is 19.8 Å². The van der Waals surface area contributed by atoms with Crippen LogP contribution in [0, 0.1) is 10.1 Å². The third-order valence-electron chi connectivity index (χ3n) is 5.10. The van der Waals surface area contributed by atoms with Crippen LogP contribution in [0.3, 0.4) is 0 Å². The number of nitrogens with one attached hydrogen (secondary N) is 1. The number of hydrogen-bond donors (Lipinski definition) is 1. The van der Waals surface area contributed by atoms with E-state index in [0.717, 1.165) is 46.0 Å². The third kappa shape index (κ3) is 5.15. The Balaban J connectivity index is 1.27. The van der Waals surface area contributed by atoms with E-state index in [1.165, 1.54) is 18.2 Å². The minimum atomic E-state index is -0.545. The minimum absolute atomic E-state index is 0.114. The van der Waals surface area contributed by atoms with Gasteiger partial charge in [0.2, 0.25) is 0 Å². The smallest absolute Gasteiger partial charge is 0.270 e. The van der Waals surface area contributed by atoms with Crippen LogP contribution in [-0.4, -0.2) is 60.0 Å². The lowest BCUT2D eigenvalue weighted by atomic mass is 10.2. The van der Waals surface area contributed by atoms with E-state index in [1.54, 1.807) is 11.3 Å². The molecule has 1 saturated heterocycles. The summed E-state index contributed by atoms with van der Waals surface area (Å²) >= 11 is 11.2. The molecule has 0 saturated carbocycles. The number of benzene rings is 2. The van der Waals surface area contributed by atoms with Crippen molar-refractivity contribution in [1.29, 1.82) is 0 Å². The van der Waals surface area contributed by atoms with Gasteiger partial charge in [0.05, 0.1) is 25.7 Å². The van der Waals surface area contributed by atoms with Gasteiger partial charge in [0.25, 0.3) is 11.6 Å². The van der Waals surface area contributed by atoms with Crippen LogP contribution in [0.15, 0.2) is 40.9 Å². The number of fused-ring (bicyclic) bond motifs is 1. The number of non-ortho nitro benzene ring substituents is 1. The summed E-state index contributed by atoms with van der Waals surface area (Å²) in [6, 6.07) is 9.96. The summed E-state index contributed by atoms with van der Waals surface area (Å²) in [5, 5.41) is 14.9. The molecule has 1 fully saturated rings. The minimum Gasteiger partial charge on any atom is -0.351 e. The van der Waals surface area contributed by atoms with Crippen LogP contribution in [0.25, 0.3) is 10.2 Å². The molecule has 1 aromatic heterocycles. The van der Waals surface area contributed by atoms with Gasteiger partial charge in [0, 0.05) is 55.9 Å². The van der Waals surface area contributed by atoms with Crippen molar-refractivity contribution >= 4 is 65.8 Å². The van der Waals surface area contributed by atoms with Crippen molar-refractivity contribution in [1.82, 2.24) is 15.2 Å². The fourth-order valence-corrected chi connectivity index (χ4v) is 5.18. The van der Waals surface area contributed by atoms with Crippen LogP contribution < -0.4 is 10.2 Å². The van der Waals surface area contributed by atoms with E-state index in [4.69, 9.17) is 16.6 Å². The molecule has 1 aliphatic heterocycles. The molecule has 2 aromatic carbocycles. The second kappa shape index (κ2) is 9.47. The van der Waals surface area contributed by atoms with E-state index in [-0.39, 0.29) is 16.3 Å². The molecule has 0 spiro atoms. The molecule has 31 heavy (non-hydrogen) atoms. The first-order valence-electron chi connectivity index (χ1n) is 9.66. The number of hydrogen-bond acceptors (Lipinski definition) is 7. The maximum absolute atomic E-state index is 12.4. The molecule has 11 heteroatoms. The van der Waals surface area contributed by atoms with Crippen molar-refractivity contribution in [3.05, 3.63) is 61.6 Å². The molecule has 0 radical (unpaired) electrons. The van der Waals surface area contributed by atoms with Crippen LogP contribution >= 0.6 is 38.9 Å². The summed E-state index contributed by atoms with van der Waals surface area (Å²) in [5.41, 5.74) is 0.962. The molecule has 0 atom stereocenters. The number of thiazole rings is 1. The molecular formula is C20H19BrClN5O3S. The summed E-state index contributed by atoms with van der Waals surface area (Å²) in [6.45, 7) is 4.60. The van der Waals surface area contributed by atoms with E-state index < -0.39 is 10.8 Å². The van der Waals surface area contributed by atoms with Gasteiger partial charge in [-0.1, -0.05) is 38.9 Å². The number of amides is 1. The lowest BCUT2D eigenvalue weighted by Crippen LogP contribution is -2.48. The number of nitrogens with zero attached hydrogens (tertiary/aromatic N) is 4. The second-order valence-corrected chi connectivity index (χ2v) is 9.45. The Bertz CT molecular complexity index is 1130. The number of carbonyl (C=O) groups excluding carboxylic acids is 1. The Morgan fingerprint density at radius 3 is 2.74 bits per heavy atom. The molecule has 1 N–H and O–H groups in total. The van der Waals surface area contributed by atoms with Crippen molar-refractivity contribution in [3.8, 4) is 0 Å². The first-order chi connectivity index (χ1) is 14.9. The number of aromatic nitrogens is 1. The molecule has 1 aliphatic rings. The number of nitro benzene ring substituents is 1. The van der Waals surface area contributed by atoms with Crippen LogP contribution in [0.5, 0.6) is 0 Å². The van der Waals surface area contributed by atoms with Crippen molar-refractivity contribution in [2.45, 2.75) is 0 Å². The van der Waals surface area contributed by atoms with Gasteiger partial charge in [-0.15, -0.1) is 0 Å². The maximum atomic E-state index is 12.4. The molecule has 0 unspecified atom stereocenters. The maximum Gasteiger partial charge on any atom is 0.270 e. The first kappa shape index (κ1) is 21.9. The summed E-state index contributed by atoms with van der Waals surface area (Å²) in [5.74, 6) is -0.409. The number of carbonyl (C=O) groups is 1.